The van der Waals surface area contributed by atoms with Crippen LogP contribution >= 0.6 is 11.6 Å². The summed E-state index contributed by atoms with van der Waals surface area (Å²) in [4.78, 5) is 11.5. The highest BCUT2D eigenvalue weighted by molar-refractivity contribution is 6.30. The molecule has 2 rings (SSSR count). The second kappa shape index (κ2) is 5.67. The minimum atomic E-state index is -0.932. The van der Waals surface area contributed by atoms with Crippen molar-refractivity contribution in [2.24, 2.45) is 0 Å². The fraction of sp³-hybridized carbons (Fsp3) is 0.333. The molecule has 106 valence electrons. The van der Waals surface area contributed by atoms with E-state index in [-0.39, 0.29) is 5.92 Å². The van der Waals surface area contributed by atoms with Gasteiger partial charge in [-0.15, -0.1) is 0 Å². The van der Waals surface area contributed by atoms with Crippen LogP contribution in [0.1, 0.15) is 48.4 Å². The Balaban J connectivity index is 2.73. The average Bonchev–Trinajstić information content (AvgIpc) is 2.78. The van der Waals surface area contributed by atoms with Gasteiger partial charge >= 0.3 is 5.97 Å². The van der Waals surface area contributed by atoms with Crippen molar-refractivity contribution in [2.45, 2.75) is 33.1 Å². The maximum atomic E-state index is 11.5. The van der Waals surface area contributed by atoms with Crippen molar-refractivity contribution in [1.82, 2.24) is 9.78 Å². The maximum absolute atomic E-state index is 11.5. The summed E-state index contributed by atoms with van der Waals surface area (Å²) in [7, 11) is 0. The lowest BCUT2D eigenvalue weighted by atomic mass is 10.0. The molecule has 0 aliphatic carbocycles. The van der Waals surface area contributed by atoms with Crippen molar-refractivity contribution < 1.29 is 9.90 Å². The van der Waals surface area contributed by atoms with Crippen LogP contribution < -0.4 is 0 Å². The van der Waals surface area contributed by atoms with E-state index in [2.05, 4.69) is 5.10 Å². The Morgan fingerprint density at radius 2 is 2.15 bits per heavy atom. The van der Waals surface area contributed by atoms with E-state index in [4.69, 9.17) is 11.6 Å². The lowest BCUT2D eigenvalue weighted by molar-refractivity contribution is 0.0694. The highest BCUT2D eigenvalue weighted by atomic mass is 35.5. The summed E-state index contributed by atoms with van der Waals surface area (Å²) >= 11 is 6.01. The third-order valence-corrected chi connectivity index (χ3v) is 3.38. The summed E-state index contributed by atoms with van der Waals surface area (Å²) in [6.07, 6.45) is 0.578. The van der Waals surface area contributed by atoms with E-state index in [1.54, 1.807) is 16.8 Å². The highest BCUT2D eigenvalue weighted by Gasteiger charge is 2.25. The molecular weight excluding hydrogens is 276 g/mol. The van der Waals surface area contributed by atoms with Crippen molar-refractivity contribution in [3.63, 3.8) is 0 Å². The predicted molar refractivity (Wildman–Crippen MR) is 79.0 cm³/mol. The van der Waals surface area contributed by atoms with Gasteiger partial charge in [-0.2, -0.15) is 5.10 Å². The number of aryl methyl sites for hydroxylation is 1. The topological polar surface area (TPSA) is 55.1 Å². The summed E-state index contributed by atoms with van der Waals surface area (Å²) < 4.78 is 1.69. The zero-order valence-corrected chi connectivity index (χ0v) is 12.5. The smallest absolute Gasteiger partial charge is 0.339 e. The quantitative estimate of drug-likeness (QED) is 0.929. The van der Waals surface area contributed by atoms with Gasteiger partial charge in [0.05, 0.1) is 17.1 Å². The van der Waals surface area contributed by atoms with E-state index >= 15 is 0 Å². The molecule has 0 aliphatic rings. The minimum Gasteiger partial charge on any atom is -0.478 e. The third-order valence-electron chi connectivity index (χ3n) is 3.14. The Morgan fingerprint density at radius 3 is 2.65 bits per heavy atom. The molecule has 0 saturated carbocycles. The number of rotatable bonds is 4. The molecule has 1 heterocycles. The molecule has 5 heteroatoms. The average molecular weight is 293 g/mol. The van der Waals surface area contributed by atoms with Gasteiger partial charge in [0.1, 0.15) is 5.56 Å². The Morgan fingerprint density at radius 1 is 1.45 bits per heavy atom. The van der Waals surface area contributed by atoms with E-state index in [0.717, 1.165) is 5.69 Å². The number of hydrogen-bond donors (Lipinski definition) is 1. The predicted octanol–water partition coefficient (Wildman–Crippen LogP) is 3.91. The number of carboxylic acids is 1. The highest BCUT2D eigenvalue weighted by Crippen LogP contribution is 2.27. The van der Waals surface area contributed by atoms with Crippen LogP contribution in [0.2, 0.25) is 5.02 Å². The Labute approximate surface area is 123 Å². The number of hydrogen-bond acceptors (Lipinski definition) is 2. The van der Waals surface area contributed by atoms with Crippen LogP contribution in [0.5, 0.6) is 0 Å². The van der Waals surface area contributed by atoms with Crippen molar-refractivity contribution in [3.05, 3.63) is 46.2 Å². The van der Waals surface area contributed by atoms with Crippen LogP contribution in [0.4, 0.5) is 0 Å². The van der Waals surface area contributed by atoms with Crippen LogP contribution in [0.25, 0.3) is 5.69 Å². The Hall–Kier alpha value is -1.81. The van der Waals surface area contributed by atoms with Gasteiger partial charge in [0.2, 0.25) is 0 Å². The molecule has 0 atom stereocenters. The molecule has 0 aliphatic heterocycles. The van der Waals surface area contributed by atoms with Gasteiger partial charge in [0.15, 0.2) is 0 Å². The monoisotopic (exact) mass is 292 g/mol. The standard InChI is InChI=1S/C15H17ClN2O2/c1-4-12-13(15(19)20)14(9(2)3)18(17-12)11-7-5-6-10(16)8-11/h5-9H,4H2,1-3H3,(H,19,20). The number of halogens is 1. The largest absolute Gasteiger partial charge is 0.478 e. The molecule has 0 fully saturated rings. The number of benzene rings is 1. The van der Waals surface area contributed by atoms with Crippen molar-refractivity contribution in [3.8, 4) is 5.69 Å². The molecule has 1 aromatic carbocycles. The van der Waals surface area contributed by atoms with Crippen LogP contribution in [-0.4, -0.2) is 20.9 Å². The number of nitrogens with zero attached hydrogens (tertiary/aromatic N) is 2. The Bertz CT molecular complexity index is 647. The molecule has 4 nitrogen and oxygen atoms in total. The molecule has 0 amide bonds. The van der Waals surface area contributed by atoms with Gasteiger partial charge in [-0.25, -0.2) is 9.48 Å². The fourth-order valence-electron chi connectivity index (χ4n) is 2.30. The van der Waals surface area contributed by atoms with Gasteiger partial charge < -0.3 is 5.11 Å². The van der Waals surface area contributed by atoms with E-state index in [1.165, 1.54) is 0 Å². The number of carbonyl (C=O) groups is 1. The third kappa shape index (κ3) is 2.56. The minimum absolute atomic E-state index is 0.0490. The van der Waals surface area contributed by atoms with Gasteiger partial charge in [-0.05, 0) is 30.5 Å². The lowest BCUT2D eigenvalue weighted by Gasteiger charge is -2.11. The maximum Gasteiger partial charge on any atom is 0.339 e. The number of aromatic nitrogens is 2. The van der Waals surface area contributed by atoms with Crippen molar-refractivity contribution in [1.29, 1.82) is 0 Å². The first kappa shape index (κ1) is 14.6. The SMILES string of the molecule is CCc1nn(-c2cccc(Cl)c2)c(C(C)C)c1C(=O)O. The molecule has 0 bridgehead atoms. The van der Waals surface area contributed by atoms with E-state index < -0.39 is 5.97 Å². The molecule has 20 heavy (non-hydrogen) atoms. The Kier molecular flexibility index (Phi) is 4.14. The van der Waals surface area contributed by atoms with Crippen LogP contribution in [0, 0.1) is 0 Å². The van der Waals surface area contributed by atoms with Crippen LogP contribution in [0.3, 0.4) is 0 Å². The first-order chi connectivity index (χ1) is 9.45. The first-order valence-electron chi connectivity index (χ1n) is 6.56. The van der Waals surface area contributed by atoms with Crippen molar-refractivity contribution in [2.75, 3.05) is 0 Å². The van der Waals surface area contributed by atoms with Gasteiger partial charge in [0, 0.05) is 5.02 Å². The number of aromatic carboxylic acids is 1. The molecular formula is C15H17ClN2O2. The molecule has 0 radical (unpaired) electrons. The molecule has 0 saturated heterocycles. The molecule has 1 N–H and O–H groups in total. The normalized spacial score (nSPS) is 11.1. The van der Waals surface area contributed by atoms with E-state index in [9.17, 15) is 9.90 Å². The molecule has 2 aromatic rings. The summed E-state index contributed by atoms with van der Waals surface area (Å²) in [5.74, 6) is -0.883. The number of carboxylic acid groups (broad SMARTS) is 1. The summed E-state index contributed by atoms with van der Waals surface area (Å²) in [6.45, 7) is 5.83. The summed E-state index contributed by atoms with van der Waals surface area (Å²) in [5, 5.41) is 14.5. The second-order valence-corrected chi connectivity index (χ2v) is 5.35. The summed E-state index contributed by atoms with van der Waals surface area (Å²) in [6, 6.07) is 7.26. The first-order valence-corrected chi connectivity index (χ1v) is 6.94. The lowest BCUT2D eigenvalue weighted by Crippen LogP contribution is -2.08. The van der Waals surface area contributed by atoms with Crippen LogP contribution in [0.15, 0.2) is 24.3 Å². The second-order valence-electron chi connectivity index (χ2n) is 4.91. The van der Waals surface area contributed by atoms with Crippen LogP contribution in [-0.2, 0) is 6.42 Å². The molecule has 0 spiro atoms. The zero-order valence-electron chi connectivity index (χ0n) is 11.7. The van der Waals surface area contributed by atoms with Gasteiger partial charge in [-0.3, -0.25) is 0 Å². The van der Waals surface area contributed by atoms with Crippen molar-refractivity contribution >= 4 is 17.6 Å². The van der Waals surface area contributed by atoms with Gasteiger partial charge in [0.25, 0.3) is 0 Å². The fourth-order valence-corrected chi connectivity index (χ4v) is 2.48. The zero-order chi connectivity index (χ0) is 14.9. The van der Waals surface area contributed by atoms with E-state index in [0.29, 0.717) is 28.4 Å². The van der Waals surface area contributed by atoms with Gasteiger partial charge in [-0.1, -0.05) is 38.4 Å². The molecule has 1 aromatic heterocycles. The van der Waals surface area contributed by atoms with E-state index in [1.807, 2.05) is 32.9 Å². The summed E-state index contributed by atoms with van der Waals surface area (Å²) in [5.41, 5.74) is 2.39. The molecule has 0 unspecified atom stereocenters.